The maximum Gasteiger partial charge on any atom is 0.416 e. The standard InChI is InChI=1S/C21H28F3N3O2/c1-3-5-18(25-2)19(28)26-17-9-8-14-11-27(12-16(14)17)20(29)13-6-4-7-15(10-13)21(22,23)24/h4,6-7,10,14,16-18,25H,3,5,8-9,11-12H2,1-2H3,(H,26,28)/t14-,16+,17+,18+/m1/s1. The van der Waals surface area contributed by atoms with Gasteiger partial charge in [-0.3, -0.25) is 9.59 Å². The maximum absolute atomic E-state index is 12.9. The van der Waals surface area contributed by atoms with Crippen LogP contribution in [0.25, 0.3) is 0 Å². The molecule has 5 nitrogen and oxygen atoms in total. The van der Waals surface area contributed by atoms with Gasteiger partial charge in [0.15, 0.2) is 0 Å². The molecule has 2 N–H and O–H groups in total. The average Bonchev–Trinajstić information content (AvgIpc) is 3.26. The number of benzene rings is 1. The largest absolute Gasteiger partial charge is 0.416 e. The molecule has 8 heteroatoms. The molecule has 0 unspecified atom stereocenters. The number of amides is 2. The summed E-state index contributed by atoms with van der Waals surface area (Å²) < 4.78 is 38.8. The number of carbonyl (C=O) groups is 2. The van der Waals surface area contributed by atoms with Crippen LogP contribution >= 0.6 is 0 Å². The number of alkyl halides is 3. The Labute approximate surface area is 169 Å². The Morgan fingerprint density at radius 3 is 2.66 bits per heavy atom. The first-order valence-corrected chi connectivity index (χ1v) is 10.2. The van der Waals surface area contributed by atoms with Gasteiger partial charge < -0.3 is 15.5 Å². The molecule has 1 aliphatic heterocycles. The highest BCUT2D eigenvalue weighted by molar-refractivity contribution is 5.94. The van der Waals surface area contributed by atoms with Gasteiger partial charge in [-0.05, 0) is 50.4 Å². The van der Waals surface area contributed by atoms with E-state index in [1.165, 1.54) is 12.1 Å². The van der Waals surface area contributed by atoms with Crippen LogP contribution in [-0.2, 0) is 11.0 Å². The van der Waals surface area contributed by atoms with Crippen molar-refractivity contribution >= 4 is 11.8 Å². The molecule has 1 heterocycles. The van der Waals surface area contributed by atoms with Gasteiger partial charge in [-0.2, -0.15) is 13.2 Å². The van der Waals surface area contributed by atoms with Crippen LogP contribution < -0.4 is 10.6 Å². The summed E-state index contributed by atoms with van der Waals surface area (Å²) in [5.41, 5.74) is -0.763. The van der Waals surface area contributed by atoms with Crippen molar-refractivity contribution in [2.24, 2.45) is 11.8 Å². The zero-order valence-electron chi connectivity index (χ0n) is 16.8. The van der Waals surface area contributed by atoms with Crippen molar-refractivity contribution in [3.8, 4) is 0 Å². The van der Waals surface area contributed by atoms with Gasteiger partial charge in [0.1, 0.15) is 0 Å². The van der Waals surface area contributed by atoms with E-state index in [2.05, 4.69) is 10.6 Å². The van der Waals surface area contributed by atoms with Gasteiger partial charge in [-0.25, -0.2) is 0 Å². The number of hydrogen-bond acceptors (Lipinski definition) is 3. The summed E-state index contributed by atoms with van der Waals surface area (Å²) in [6, 6.07) is 4.34. The van der Waals surface area contributed by atoms with Crippen molar-refractivity contribution in [1.82, 2.24) is 15.5 Å². The molecule has 1 saturated carbocycles. The second-order valence-electron chi connectivity index (χ2n) is 8.04. The first-order valence-electron chi connectivity index (χ1n) is 10.2. The number of hydrogen-bond donors (Lipinski definition) is 2. The zero-order valence-corrected chi connectivity index (χ0v) is 16.8. The van der Waals surface area contributed by atoms with E-state index < -0.39 is 11.7 Å². The summed E-state index contributed by atoms with van der Waals surface area (Å²) in [5, 5.41) is 6.16. The molecule has 2 aliphatic rings. The minimum absolute atomic E-state index is 0.000449. The molecule has 2 fully saturated rings. The summed E-state index contributed by atoms with van der Waals surface area (Å²) in [5.74, 6) is 0.0133. The van der Waals surface area contributed by atoms with Gasteiger partial charge >= 0.3 is 6.18 Å². The fourth-order valence-electron chi connectivity index (χ4n) is 4.60. The van der Waals surface area contributed by atoms with E-state index in [0.717, 1.165) is 37.8 Å². The first kappa shape index (κ1) is 21.6. The van der Waals surface area contributed by atoms with Crippen LogP contribution in [0.4, 0.5) is 13.2 Å². The first-order chi connectivity index (χ1) is 13.7. The highest BCUT2D eigenvalue weighted by Crippen LogP contribution is 2.39. The molecule has 160 valence electrons. The molecule has 1 aliphatic carbocycles. The Morgan fingerprint density at radius 1 is 1.24 bits per heavy atom. The number of likely N-dealkylation sites (tertiary alicyclic amines) is 1. The smallest absolute Gasteiger partial charge is 0.352 e. The molecule has 1 aromatic rings. The Balaban J connectivity index is 1.65. The molecule has 3 rings (SSSR count). The predicted molar refractivity (Wildman–Crippen MR) is 103 cm³/mol. The third kappa shape index (κ3) is 4.74. The lowest BCUT2D eigenvalue weighted by Gasteiger charge is -2.24. The molecular formula is C21H28F3N3O2. The van der Waals surface area contributed by atoms with E-state index in [0.29, 0.717) is 13.1 Å². The highest BCUT2D eigenvalue weighted by atomic mass is 19.4. The topological polar surface area (TPSA) is 61.4 Å². The Morgan fingerprint density at radius 2 is 2.00 bits per heavy atom. The number of rotatable bonds is 6. The lowest BCUT2D eigenvalue weighted by molar-refractivity contribution is -0.137. The van der Waals surface area contributed by atoms with Gasteiger partial charge in [0.05, 0.1) is 11.6 Å². The number of likely N-dealkylation sites (N-methyl/N-ethyl adjacent to an activating group) is 1. The van der Waals surface area contributed by atoms with Crippen molar-refractivity contribution in [1.29, 1.82) is 0 Å². The van der Waals surface area contributed by atoms with Gasteiger partial charge in [0, 0.05) is 30.6 Å². The summed E-state index contributed by atoms with van der Waals surface area (Å²) in [6.07, 6.45) is -1.05. The lowest BCUT2D eigenvalue weighted by atomic mass is 9.97. The molecule has 0 spiro atoms. The van der Waals surface area contributed by atoms with E-state index in [-0.39, 0.29) is 41.3 Å². The Bertz CT molecular complexity index is 753. The summed E-state index contributed by atoms with van der Waals surface area (Å²) >= 11 is 0. The van der Waals surface area contributed by atoms with Crippen LogP contribution in [0.15, 0.2) is 24.3 Å². The van der Waals surface area contributed by atoms with Gasteiger partial charge in [-0.1, -0.05) is 19.4 Å². The lowest BCUT2D eigenvalue weighted by Crippen LogP contribution is -2.48. The minimum Gasteiger partial charge on any atom is -0.352 e. The molecule has 1 saturated heterocycles. The molecular weight excluding hydrogens is 383 g/mol. The van der Waals surface area contributed by atoms with Crippen LogP contribution in [0.5, 0.6) is 0 Å². The van der Waals surface area contributed by atoms with Crippen molar-refractivity contribution in [3.63, 3.8) is 0 Å². The quantitative estimate of drug-likeness (QED) is 0.756. The summed E-state index contributed by atoms with van der Waals surface area (Å²) in [4.78, 5) is 26.9. The molecule has 1 aromatic carbocycles. The fourth-order valence-corrected chi connectivity index (χ4v) is 4.60. The van der Waals surface area contributed by atoms with Crippen molar-refractivity contribution < 1.29 is 22.8 Å². The van der Waals surface area contributed by atoms with Crippen LogP contribution in [0.2, 0.25) is 0 Å². The Hall–Kier alpha value is -2.09. The molecule has 0 radical (unpaired) electrons. The van der Waals surface area contributed by atoms with E-state index in [9.17, 15) is 22.8 Å². The SMILES string of the molecule is CCC[C@H](NC)C(=O)N[C@H]1CC[C@@H]2CN(C(=O)c3cccc(C(F)(F)F)c3)C[C@@H]21. The minimum atomic E-state index is -4.48. The van der Waals surface area contributed by atoms with Gasteiger partial charge in [0.2, 0.25) is 5.91 Å². The van der Waals surface area contributed by atoms with Crippen molar-refractivity contribution in [3.05, 3.63) is 35.4 Å². The number of fused-ring (bicyclic) bond motifs is 1. The average molecular weight is 411 g/mol. The fraction of sp³-hybridized carbons (Fsp3) is 0.619. The third-order valence-corrected chi connectivity index (χ3v) is 6.15. The van der Waals surface area contributed by atoms with Crippen LogP contribution in [0.3, 0.4) is 0 Å². The zero-order chi connectivity index (χ0) is 21.2. The highest BCUT2D eigenvalue weighted by Gasteiger charge is 2.45. The monoisotopic (exact) mass is 411 g/mol. The molecule has 0 aromatic heterocycles. The number of carbonyl (C=O) groups excluding carboxylic acids is 2. The van der Waals surface area contributed by atoms with Crippen LogP contribution in [0.1, 0.15) is 48.5 Å². The number of nitrogens with zero attached hydrogens (tertiary/aromatic N) is 1. The number of halogens is 3. The molecule has 29 heavy (non-hydrogen) atoms. The van der Waals surface area contributed by atoms with E-state index in [1.807, 2.05) is 6.92 Å². The normalized spacial score (nSPS) is 25.0. The summed E-state index contributed by atoms with van der Waals surface area (Å²) in [7, 11) is 1.77. The summed E-state index contributed by atoms with van der Waals surface area (Å²) in [6.45, 7) is 3.01. The van der Waals surface area contributed by atoms with E-state index >= 15 is 0 Å². The van der Waals surface area contributed by atoms with E-state index in [4.69, 9.17) is 0 Å². The molecule has 4 atom stereocenters. The van der Waals surface area contributed by atoms with Gasteiger partial charge in [0.25, 0.3) is 5.91 Å². The van der Waals surface area contributed by atoms with Crippen molar-refractivity contribution in [2.45, 2.75) is 50.9 Å². The van der Waals surface area contributed by atoms with Crippen molar-refractivity contribution in [2.75, 3.05) is 20.1 Å². The maximum atomic E-state index is 12.9. The Kier molecular flexibility index (Phi) is 6.51. The second-order valence-corrected chi connectivity index (χ2v) is 8.04. The van der Waals surface area contributed by atoms with Gasteiger partial charge in [-0.15, -0.1) is 0 Å². The molecule has 0 bridgehead atoms. The van der Waals surface area contributed by atoms with Crippen LogP contribution in [-0.4, -0.2) is 48.9 Å². The van der Waals surface area contributed by atoms with Crippen LogP contribution in [0, 0.1) is 11.8 Å². The predicted octanol–water partition coefficient (Wildman–Crippen LogP) is 3.06. The molecule has 2 amide bonds. The number of nitrogens with one attached hydrogen (secondary N) is 2. The third-order valence-electron chi connectivity index (χ3n) is 6.15. The van der Waals surface area contributed by atoms with E-state index in [1.54, 1.807) is 11.9 Å². The second kappa shape index (κ2) is 8.73.